The van der Waals surface area contributed by atoms with E-state index in [1.165, 1.54) is 6.20 Å². The first-order valence-electron chi connectivity index (χ1n) is 5.80. The number of nitro groups is 1. The molecular weight excluding hydrogens is 220 g/mol. The van der Waals surface area contributed by atoms with Crippen LogP contribution in [-0.2, 0) is 0 Å². The van der Waals surface area contributed by atoms with Gasteiger partial charge in [0.25, 0.3) is 0 Å². The molecule has 6 nitrogen and oxygen atoms in total. The number of rotatable bonds is 3. The van der Waals surface area contributed by atoms with E-state index in [1.54, 1.807) is 12.1 Å². The SMILES string of the molecule is N[C@@H]1CCCC[C@H]1Nc1cccnc1[N+](=O)[O-]. The Kier molecular flexibility index (Phi) is 3.53. The summed E-state index contributed by atoms with van der Waals surface area (Å²) < 4.78 is 0. The number of pyridine rings is 1. The van der Waals surface area contributed by atoms with Crippen LogP contribution in [0.2, 0.25) is 0 Å². The van der Waals surface area contributed by atoms with Crippen molar-refractivity contribution in [1.29, 1.82) is 0 Å². The maximum atomic E-state index is 10.8. The van der Waals surface area contributed by atoms with Gasteiger partial charge in [-0.25, -0.2) is 0 Å². The average Bonchev–Trinajstić information content (AvgIpc) is 2.32. The summed E-state index contributed by atoms with van der Waals surface area (Å²) >= 11 is 0. The maximum absolute atomic E-state index is 10.8. The molecule has 1 heterocycles. The lowest BCUT2D eigenvalue weighted by Crippen LogP contribution is -2.42. The topological polar surface area (TPSA) is 94.1 Å². The highest BCUT2D eigenvalue weighted by Crippen LogP contribution is 2.25. The molecule has 1 fully saturated rings. The number of aromatic nitrogens is 1. The van der Waals surface area contributed by atoms with E-state index < -0.39 is 4.92 Å². The quantitative estimate of drug-likeness (QED) is 0.615. The molecule has 1 saturated carbocycles. The fourth-order valence-corrected chi connectivity index (χ4v) is 2.19. The van der Waals surface area contributed by atoms with Crippen LogP contribution in [0.15, 0.2) is 18.3 Å². The van der Waals surface area contributed by atoms with Crippen molar-refractivity contribution >= 4 is 11.5 Å². The van der Waals surface area contributed by atoms with Gasteiger partial charge >= 0.3 is 5.82 Å². The van der Waals surface area contributed by atoms with Gasteiger partial charge in [-0.15, -0.1) is 0 Å². The van der Waals surface area contributed by atoms with Crippen LogP contribution in [0.4, 0.5) is 11.5 Å². The van der Waals surface area contributed by atoms with Gasteiger partial charge in [0, 0.05) is 12.1 Å². The van der Waals surface area contributed by atoms with Crippen molar-refractivity contribution in [3.8, 4) is 0 Å². The molecule has 2 atom stereocenters. The van der Waals surface area contributed by atoms with Gasteiger partial charge in [0.2, 0.25) is 0 Å². The van der Waals surface area contributed by atoms with E-state index in [0.717, 1.165) is 25.7 Å². The molecule has 0 bridgehead atoms. The van der Waals surface area contributed by atoms with E-state index >= 15 is 0 Å². The van der Waals surface area contributed by atoms with Crippen LogP contribution in [0, 0.1) is 10.1 Å². The van der Waals surface area contributed by atoms with Crippen molar-refractivity contribution in [3.05, 3.63) is 28.4 Å². The summed E-state index contributed by atoms with van der Waals surface area (Å²) in [4.78, 5) is 14.1. The van der Waals surface area contributed by atoms with Gasteiger partial charge < -0.3 is 21.2 Å². The average molecular weight is 236 g/mol. The molecule has 1 aliphatic rings. The van der Waals surface area contributed by atoms with Crippen molar-refractivity contribution in [3.63, 3.8) is 0 Å². The van der Waals surface area contributed by atoms with Gasteiger partial charge in [0.1, 0.15) is 11.9 Å². The number of nitrogens with one attached hydrogen (secondary N) is 1. The second-order valence-corrected chi connectivity index (χ2v) is 4.33. The van der Waals surface area contributed by atoms with Crippen molar-refractivity contribution in [2.75, 3.05) is 5.32 Å². The molecule has 17 heavy (non-hydrogen) atoms. The van der Waals surface area contributed by atoms with Gasteiger partial charge in [-0.05, 0) is 34.9 Å². The van der Waals surface area contributed by atoms with Gasteiger partial charge in [0.05, 0.1) is 0 Å². The van der Waals surface area contributed by atoms with E-state index in [4.69, 9.17) is 5.73 Å². The number of nitrogens with zero attached hydrogens (tertiary/aromatic N) is 2. The van der Waals surface area contributed by atoms with Gasteiger partial charge in [-0.1, -0.05) is 12.8 Å². The predicted molar refractivity (Wildman–Crippen MR) is 64.7 cm³/mol. The summed E-state index contributed by atoms with van der Waals surface area (Å²) in [5, 5.41) is 14.0. The highest BCUT2D eigenvalue weighted by Gasteiger charge is 2.24. The predicted octanol–water partition coefficient (Wildman–Crippen LogP) is 1.67. The zero-order valence-electron chi connectivity index (χ0n) is 9.50. The van der Waals surface area contributed by atoms with E-state index in [-0.39, 0.29) is 17.9 Å². The fourth-order valence-electron chi connectivity index (χ4n) is 2.19. The lowest BCUT2D eigenvalue weighted by atomic mass is 9.91. The first-order chi connectivity index (χ1) is 8.18. The summed E-state index contributed by atoms with van der Waals surface area (Å²) in [6.45, 7) is 0. The zero-order chi connectivity index (χ0) is 12.3. The maximum Gasteiger partial charge on any atom is 0.386 e. The highest BCUT2D eigenvalue weighted by molar-refractivity contribution is 5.57. The van der Waals surface area contributed by atoms with Crippen molar-refractivity contribution in [2.24, 2.45) is 5.73 Å². The first-order valence-corrected chi connectivity index (χ1v) is 5.80. The molecule has 0 radical (unpaired) electrons. The Hall–Kier alpha value is -1.69. The largest absolute Gasteiger partial charge is 0.386 e. The third-order valence-electron chi connectivity index (χ3n) is 3.12. The lowest BCUT2D eigenvalue weighted by Gasteiger charge is -2.29. The first kappa shape index (κ1) is 11.8. The number of nitrogens with two attached hydrogens (primary N) is 1. The molecule has 0 amide bonds. The van der Waals surface area contributed by atoms with Gasteiger partial charge in [-0.2, -0.15) is 0 Å². The van der Waals surface area contributed by atoms with E-state index in [1.807, 2.05) is 0 Å². The standard InChI is InChI=1S/C11H16N4O2/c12-8-4-1-2-5-9(8)14-10-6-3-7-13-11(10)15(16)17/h3,6-9,14H,1-2,4-5,12H2/t8-,9-/m1/s1. The highest BCUT2D eigenvalue weighted by atomic mass is 16.6. The van der Waals surface area contributed by atoms with Crippen LogP contribution in [0.3, 0.4) is 0 Å². The molecule has 3 N–H and O–H groups in total. The number of hydrogen-bond acceptors (Lipinski definition) is 5. The van der Waals surface area contributed by atoms with Crippen LogP contribution in [-0.4, -0.2) is 22.0 Å². The molecule has 2 rings (SSSR count). The Morgan fingerprint density at radius 2 is 2.24 bits per heavy atom. The summed E-state index contributed by atoms with van der Waals surface area (Å²) in [6.07, 6.45) is 5.58. The molecule has 0 saturated heterocycles. The Balaban J connectivity index is 2.14. The Bertz CT molecular complexity index is 410. The Morgan fingerprint density at radius 3 is 2.94 bits per heavy atom. The molecule has 1 aliphatic carbocycles. The third kappa shape index (κ3) is 2.71. The summed E-state index contributed by atoms with van der Waals surface area (Å²) in [7, 11) is 0. The van der Waals surface area contributed by atoms with Crippen LogP contribution >= 0.6 is 0 Å². The van der Waals surface area contributed by atoms with Gasteiger partial charge in [-0.3, -0.25) is 0 Å². The van der Waals surface area contributed by atoms with E-state index in [0.29, 0.717) is 5.69 Å². The van der Waals surface area contributed by atoms with Crippen LogP contribution in [0.25, 0.3) is 0 Å². The molecule has 1 aromatic heterocycles. The molecule has 0 aliphatic heterocycles. The minimum atomic E-state index is -0.476. The number of anilines is 1. The van der Waals surface area contributed by atoms with E-state index in [9.17, 15) is 10.1 Å². The fraction of sp³-hybridized carbons (Fsp3) is 0.545. The zero-order valence-corrected chi connectivity index (χ0v) is 9.50. The van der Waals surface area contributed by atoms with Crippen molar-refractivity contribution < 1.29 is 4.92 Å². The smallest absolute Gasteiger partial charge is 0.374 e. The Morgan fingerprint density at radius 1 is 1.47 bits per heavy atom. The minimum Gasteiger partial charge on any atom is -0.374 e. The molecule has 0 aromatic carbocycles. The summed E-state index contributed by atoms with van der Waals surface area (Å²) in [5.41, 5.74) is 6.46. The summed E-state index contributed by atoms with van der Waals surface area (Å²) in [5.74, 6) is -0.134. The second-order valence-electron chi connectivity index (χ2n) is 4.33. The number of hydrogen-bond donors (Lipinski definition) is 2. The van der Waals surface area contributed by atoms with E-state index in [2.05, 4.69) is 10.3 Å². The molecular formula is C11H16N4O2. The third-order valence-corrected chi connectivity index (χ3v) is 3.12. The molecule has 6 heteroatoms. The Labute approximate surface area is 99.4 Å². The second kappa shape index (κ2) is 5.09. The molecule has 0 unspecified atom stereocenters. The van der Waals surface area contributed by atoms with Gasteiger partial charge in [0.15, 0.2) is 0 Å². The minimum absolute atomic E-state index is 0.0589. The van der Waals surface area contributed by atoms with Crippen LogP contribution in [0.1, 0.15) is 25.7 Å². The lowest BCUT2D eigenvalue weighted by molar-refractivity contribution is -0.388. The van der Waals surface area contributed by atoms with Crippen LogP contribution < -0.4 is 11.1 Å². The molecule has 0 spiro atoms. The van der Waals surface area contributed by atoms with Crippen molar-refractivity contribution in [2.45, 2.75) is 37.8 Å². The summed E-state index contributed by atoms with van der Waals surface area (Å²) in [6, 6.07) is 3.52. The monoisotopic (exact) mass is 236 g/mol. The molecule has 92 valence electrons. The van der Waals surface area contributed by atoms with Crippen LogP contribution in [0.5, 0.6) is 0 Å². The van der Waals surface area contributed by atoms with Crippen molar-refractivity contribution in [1.82, 2.24) is 4.98 Å². The normalized spacial score (nSPS) is 24.3. The molecule has 1 aromatic rings.